The molecule has 4 aromatic carbocycles. The number of benzene rings is 4. The van der Waals surface area contributed by atoms with E-state index in [1.54, 1.807) is 0 Å². The van der Waals surface area contributed by atoms with E-state index in [1.807, 2.05) is 0 Å². The number of fused-ring (bicyclic) bond motifs is 1. The smallest absolute Gasteiger partial charge is 0.00987 e. The molecule has 0 bridgehead atoms. The predicted molar refractivity (Wildman–Crippen MR) is 126 cm³/mol. The van der Waals surface area contributed by atoms with Crippen LogP contribution < -0.4 is 15.9 Å². The molecular weight excluding hydrogens is 367 g/mol. The van der Waals surface area contributed by atoms with Gasteiger partial charge in [0.25, 0.3) is 0 Å². The SMILES string of the molecule is c1ccc(P(c2ccccc2)c2ccccc2C2CCCc3ccccc32)cc1. The Bertz CT molecular complexity index is 1050. The molecule has 4 aromatic rings. The third-order valence-corrected chi connectivity index (χ3v) is 8.47. The molecule has 0 saturated heterocycles. The summed E-state index contributed by atoms with van der Waals surface area (Å²) in [4.78, 5) is 0. The number of hydrogen-bond donors (Lipinski definition) is 0. The Morgan fingerprint density at radius 3 is 1.79 bits per heavy atom. The molecule has 0 nitrogen and oxygen atoms in total. The highest BCUT2D eigenvalue weighted by Crippen LogP contribution is 2.41. The predicted octanol–water partition coefficient (Wildman–Crippen LogP) is 5.91. The summed E-state index contributed by atoms with van der Waals surface area (Å²) in [6, 6.07) is 40.4. The zero-order valence-corrected chi connectivity index (χ0v) is 17.4. The van der Waals surface area contributed by atoms with Crippen molar-refractivity contribution in [1.29, 1.82) is 0 Å². The van der Waals surface area contributed by atoms with Crippen molar-refractivity contribution in [2.24, 2.45) is 0 Å². The lowest BCUT2D eigenvalue weighted by molar-refractivity contribution is 0.618. The van der Waals surface area contributed by atoms with Gasteiger partial charge in [-0.3, -0.25) is 0 Å². The van der Waals surface area contributed by atoms with Gasteiger partial charge in [-0.2, -0.15) is 0 Å². The maximum absolute atomic E-state index is 2.38. The second-order valence-electron chi connectivity index (χ2n) is 7.71. The molecule has 0 fully saturated rings. The number of rotatable bonds is 4. The molecule has 1 atom stereocenters. The van der Waals surface area contributed by atoms with Crippen LogP contribution in [0, 0.1) is 0 Å². The van der Waals surface area contributed by atoms with Gasteiger partial charge in [0.05, 0.1) is 0 Å². The molecule has 0 aliphatic heterocycles. The second-order valence-corrected chi connectivity index (χ2v) is 9.89. The molecule has 29 heavy (non-hydrogen) atoms. The first-order valence-electron chi connectivity index (χ1n) is 10.5. The summed E-state index contributed by atoms with van der Waals surface area (Å²) < 4.78 is 0. The van der Waals surface area contributed by atoms with E-state index in [4.69, 9.17) is 0 Å². The largest absolute Gasteiger partial charge is 0.0622 e. The van der Waals surface area contributed by atoms with Crippen LogP contribution >= 0.6 is 7.92 Å². The Morgan fingerprint density at radius 1 is 0.552 bits per heavy atom. The minimum absolute atomic E-state index is 0.494. The molecule has 0 spiro atoms. The summed E-state index contributed by atoms with van der Waals surface area (Å²) in [6.45, 7) is 0. The van der Waals surface area contributed by atoms with Crippen LogP contribution in [0.5, 0.6) is 0 Å². The highest BCUT2D eigenvalue weighted by atomic mass is 31.1. The van der Waals surface area contributed by atoms with Crippen molar-refractivity contribution >= 4 is 23.8 Å². The normalized spacial score (nSPS) is 15.8. The lowest BCUT2D eigenvalue weighted by atomic mass is 9.79. The van der Waals surface area contributed by atoms with Crippen LogP contribution in [0.3, 0.4) is 0 Å². The van der Waals surface area contributed by atoms with Gasteiger partial charge in [0, 0.05) is 5.92 Å². The topological polar surface area (TPSA) is 0 Å². The zero-order chi connectivity index (χ0) is 19.5. The van der Waals surface area contributed by atoms with Crippen LogP contribution in [0.25, 0.3) is 0 Å². The van der Waals surface area contributed by atoms with Crippen LogP contribution in [0.2, 0.25) is 0 Å². The molecule has 0 saturated carbocycles. The minimum atomic E-state index is -0.581. The number of aryl methyl sites for hydroxylation is 1. The van der Waals surface area contributed by atoms with Crippen LogP contribution in [0.4, 0.5) is 0 Å². The van der Waals surface area contributed by atoms with Gasteiger partial charge in [0.1, 0.15) is 0 Å². The summed E-state index contributed by atoms with van der Waals surface area (Å²) in [5.74, 6) is 0.494. The molecule has 142 valence electrons. The molecule has 0 amide bonds. The maximum atomic E-state index is 2.38. The lowest BCUT2D eigenvalue weighted by Gasteiger charge is -2.30. The fourth-order valence-corrected chi connectivity index (χ4v) is 7.16. The Kier molecular flexibility index (Phi) is 5.29. The first kappa shape index (κ1) is 18.3. The van der Waals surface area contributed by atoms with E-state index in [0.717, 1.165) is 0 Å². The van der Waals surface area contributed by atoms with Crippen molar-refractivity contribution in [3.05, 3.63) is 126 Å². The Hall–Kier alpha value is -2.69. The van der Waals surface area contributed by atoms with Crippen molar-refractivity contribution in [2.75, 3.05) is 0 Å². The molecule has 5 rings (SSSR count). The summed E-state index contributed by atoms with van der Waals surface area (Å²) in [7, 11) is -0.581. The van der Waals surface area contributed by atoms with E-state index in [2.05, 4.69) is 109 Å². The molecule has 1 unspecified atom stereocenters. The monoisotopic (exact) mass is 392 g/mol. The van der Waals surface area contributed by atoms with Crippen molar-refractivity contribution < 1.29 is 0 Å². The van der Waals surface area contributed by atoms with Gasteiger partial charge in [-0.15, -0.1) is 0 Å². The van der Waals surface area contributed by atoms with E-state index in [0.29, 0.717) is 5.92 Å². The molecule has 1 aliphatic carbocycles. The molecule has 0 heterocycles. The number of hydrogen-bond acceptors (Lipinski definition) is 0. The maximum Gasteiger partial charge on any atom is 0.00987 e. The summed E-state index contributed by atoms with van der Waals surface area (Å²) in [5, 5.41) is 4.34. The first-order chi connectivity index (χ1) is 14.4. The molecule has 0 aromatic heterocycles. The average Bonchev–Trinajstić information content (AvgIpc) is 2.81. The third-order valence-electron chi connectivity index (χ3n) is 5.95. The quantitative estimate of drug-likeness (QED) is 0.379. The Labute approximate surface area is 175 Å². The summed E-state index contributed by atoms with van der Waals surface area (Å²) in [5.41, 5.74) is 4.57. The van der Waals surface area contributed by atoms with Crippen molar-refractivity contribution in [2.45, 2.75) is 25.2 Å². The van der Waals surface area contributed by atoms with E-state index in [9.17, 15) is 0 Å². The van der Waals surface area contributed by atoms with Gasteiger partial charge in [-0.05, 0) is 59.8 Å². The first-order valence-corrected chi connectivity index (χ1v) is 11.8. The zero-order valence-electron chi connectivity index (χ0n) is 16.5. The van der Waals surface area contributed by atoms with Crippen molar-refractivity contribution in [1.82, 2.24) is 0 Å². The highest BCUT2D eigenvalue weighted by Gasteiger charge is 2.27. The van der Waals surface area contributed by atoms with E-state index in [1.165, 1.54) is 51.9 Å². The Balaban J connectivity index is 1.68. The summed E-state index contributed by atoms with van der Waals surface area (Å²) >= 11 is 0. The lowest BCUT2D eigenvalue weighted by Crippen LogP contribution is -2.25. The van der Waals surface area contributed by atoms with Gasteiger partial charge >= 0.3 is 0 Å². The van der Waals surface area contributed by atoms with Gasteiger partial charge in [0.15, 0.2) is 0 Å². The highest BCUT2D eigenvalue weighted by molar-refractivity contribution is 7.79. The van der Waals surface area contributed by atoms with Gasteiger partial charge in [-0.1, -0.05) is 109 Å². The minimum Gasteiger partial charge on any atom is -0.0622 e. The van der Waals surface area contributed by atoms with Gasteiger partial charge < -0.3 is 0 Å². The van der Waals surface area contributed by atoms with Crippen LogP contribution in [0.15, 0.2) is 109 Å². The van der Waals surface area contributed by atoms with Crippen molar-refractivity contribution in [3.63, 3.8) is 0 Å². The van der Waals surface area contributed by atoms with Gasteiger partial charge in [-0.25, -0.2) is 0 Å². The summed E-state index contributed by atoms with van der Waals surface area (Å²) in [6.07, 6.45) is 3.71. The van der Waals surface area contributed by atoms with Crippen LogP contribution in [-0.4, -0.2) is 0 Å². The van der Waals surface area contributed by atoms with E-state index < -0.39 is 7.92 Å². The Morgan fingerprint density at radius 2 is 1.10 bits per heavy atom. The van der Waals surface area contributed by atoms with Gasteiger partial charge in [0.2, 0.25) is 0 Å². The fourth-order valence-electron chi connectivity index (χ4n) is 4.64. The molecule has 1 aliphatic rings. The van der Waals surface area contributed by atoms with Crippen LogP contribution in [0.1, 0.15) is 35.4 Å². The molecule has 0 N–H and O–H groups in total. The van der Waals surface area contributed by atoms with Crippen molar-refractivity contribution in [3.8, 4) is 0 Å². The second kappa shape index (κ2) is 8.36. The third kappa shape index (κ3) is 3.66. The molecular formula is C28H25P. The average molecular weight is 392 g/mol. The van der Waals surface area contributed by atoms with E-state index >= 15 is 0 Å². The molecule has 1 heteroatoms. The standard InChI is InChI=1S/C28H25P/c1-3-14-23(15-4-1)29(24-16-5-2-6-17-24)28-21-10-9-19-27(28)26-20-11-13-22-12-7-8-18-25(22)26/h1-10,12,14-19,21,26H,11,13,20H2. The van der Waals surface area contributed by atoms with Crippen LogP contribution in [-0.2, 0) is 6.42 Å². The molecule has 0 radical (unpaired) electrons. The fraction of sp³-hybridized carbons (Fsp3) is 0.143. The van der Waals surface area contributed by atoms with E-state index in [-0.39, 0.29) is 0 Å².